The van der Waals surface area contributed by atoms with Crippen LogP contribution < -0.4 is 5.73 Å². The maximum atomic E-state index is 5.65. The fourth-order valence-corrected chi connectivity index (χ4v) is 1.66. The van der Waals surface area contributed by atoms with Gasteiger partial charge in [0.25, 0.3) is 0 Å². The molecule has 0 aliphatic carbocycles. The summed E-state index contributed by atoms with van der Waals surface area (Å²) in [4.78, 5) is 8.29. The van der Waals surface area contributed by atoms with E-state index in [4.69, 9.17) is 5.73 Å². The lowest BCUT2D eigenvalue weighted by Crippen LogP contribution is -1.93. The van der Waals surface area contributed by atoms with Crippen molar-refractivity contribution in [1.82, 2.24) is 20.2 Å². The molecule has 0 saturated heterocycles. The molecule has 72 valence electrons. The summed E-state index contributed by atoms with van der Waals surface area (Å²) in [6.07, 6.45) is 1.46. The van der Waals surface area contributed by atoms with Gasteiger partial charge in [-0.15, -0.1) is 0 Å². The number of anilines is 1. The van der Waals surface area contributed by atoms with E-state index in [1.807, 2.05) is 19.1 Å². The number of hydrogen-bond donors (Lipinski definition) is 2. The largest absolute Gasteiger partial charge is 0.397 e. The van der Waals surface area contributed by atoms with Crippen molar-refractivity contribution in [3.05, 3.63) is 24.2 Å². The van der Waals surface area contributed by atoms with Gasteiger partial charge in [-0.25, -0.2) is 9.97 Å². The number of rotatable bonds is 2. The van der Waals surface area contributed by atoms with E-state index in [1.165, 1.54) is 18.1 Å². The molecule has 0 atom stereocenters. The zero-order valence-corrected chi connectivity index (χ0v) is 8.38. The number of nitrogens with two attached hydrogens (primary N) is 1. The molecule has 5 nitrogen and oxygen atoms in total. The summed E-state index contributed by atoms with van der Waals surface area (Å²) in [5.41, 5.74) is 7.18. The van der Waals surface area contributed by atoms with E-state index in [0.29, 0.717) is 5.69 Å². The number of nitrogens with zero attached hydrogens (tertiary/aromatic N) is 3. The lowest BCUT2D eigenvalue weighted by atomic mass is 10.3. The summed E-state index contributed by atoms with van der Waals surface area (Å²) in [5.74, 6) is 0. The number of aryl methyl sites for hydroxylation is 1. The lowest BCUT2D eigenvalue weighted by molar-refractivity contribution is 0.964. The number of pyridine rings is 1. The second kappa shape index (κ2) is 3.67. The van der Waals surface area contributed by atoms with Gasteiger partial charge >= 0.3 is 0 Å². The molecular weight excluding hydrogens is 198 g/mol. The summed E-state index contributed by atoms with van der Waals surface area (Å²) < 4.78 is 0. The first-order valence-electron chi connectivity index (χ1n) is 4.02. The Morgan fingerprint density at radius 1 is 1.43 bits per heavy atom. The average molecular weight is 207 g/mol. The van der Waals surface area contributed by atoms with Crippen molar-refractivity contribution in [3.8, 4) is 0 Å². The molecule has 3 N–H and O–H groups in total. The first-order valence-corrected chi connectivity index (χ1v) is 4.83. The SMILES string of the molecule is Cc1nc(Sc2ncn[nH]2)ccc1N. The molecule has 0 radical (unpaired) electrons. The van der Waals surface area contributed by atoms with Gasteiger partial charge in [0.1, 0.15) is 11.4 Å². The number of hydrogen-bond acceptors (Lipinski definition) is 5. The molecule has 0 bridgehead atoms. The molecular formula is C8H9N5S. The Morgan fingerprint density at radius 3 is 2.93 bits per heavy atom. The van der Waals surface area contributed by atoms with Crippen LogP contribution in [-0.4, -0.2) is 20.2 Å². The van der Waals surface area contributed by atoms with E-state index in [9.17, 15) is 0 Å². The van der Waals surface area contributed by atoms with Crippen molar-refractivity contribution in [2.24, 2.45) is 0 Å². The molecule has 0 fully saturated rings. The summed E-state index contributed by atoms with van der Waals surface area (Å²) in [6, 6.07) is 3.69. The molecule has 2 aromatic heterocycles. The predicted molar refractivity (Wildman–Crippen MR) is 53.9 cm³/mol. The maximum Gasteiger partial charge on any atom is 0.189 e. The van der Waals surface area contributed by atoms with Gasteiger partial charge in [0.15, 0.2) is 5.16 Å². The molecule has 0 aliphatic rings. The van der Waals surface area contributed by atoms with Crippen molar-refractivity contribution in [1.29, 1.82) is 0 Å². The average Bonchev–Trinajstić information content (AvgIpc) is 2.64. The van der Waals surface area contributed by atoms with Gasteiger partial charge in [-0.3, -0.25) is 5.10 Å². The van der Waals surface area contributed by atoms with E-state index < -0.39 is 0 Å². The quantitative estimate of drug-likeness (QED) is 0.774. The molecule has 2 rings (SSSR count). The van der Waals surface area contributed by atoms with Crippen molar-refractivity contribution in [3.63, 3.8) is 0 Å². The number of nitrogens with one attached hydrogen (secondary N) is 1. The highest BCUT2D eigenvalue weighted by Crippen LogP contribution is 2.23. The minimum absolute atomic E-state index is 0.701. The highest BCUT2D eigenvalue weighted by atomic mass is 32.2. The third-order valence-corrected chi connectivity index (χ3v) is 2.52. The van der Waals surface area contributed by atoms with Crippen molar-refractivity contribution in [2.75, 3.05) is 5.73 Å². The number of aromatic nitrogens is 4. The lowest BCUT2D eigenvalue weighted by Gasteiger charge is -2.01. The smallest absolute Gasteiger partial charge is 0.189 e. The monoisotopic (exact) mass is 207 g/mol. The van der Waals surface area contributed by atoms with E-state index in [2.05, 4.69) is 20.2 Å². The molecule has 6 heteroatoms. The number of aromatic amines is 1. The molecule has 0 aromatic carbocycles. The van der Waals surface area contributed by atoms with Crippen LogP contribution >= 0.6 is 11.8 Å². The van der Waals surface area contributed by atoms with E-state index in [-0.39, 0.29) is 0 Å². The first-order chi connectivity index (χ1) is 6.75. The van der Waals surface area contributed by atoms with Gasteiger partial charge in [-0.05, 0) is 30.8 Å². The molecule has 0 spiro atoms. The highest BCUT2D eigenvalue weighted by Gasteiger charge is 2.02. The van der Waals surface area contributed by atoms with Crippen molar-refractivity contribution < 1.29 is 0 Å². The fourth-order valence-electron chi connectivity index (χ4n) is 0.948. The zero-order valence-electron chi connectivity index (χ0n) is 7.56. The Balaban J connectivity index is 2.22. The Morgan fingerprint density at radius 2 is 2.29 bits per heavy atom. The van der Waals surface area contributed by atoms with E-state index in [1.54, 1.807) is 0 Å². The maximum absolute atomic E-state index is 5.65. The molecule has 0 aliphatic heterocycles. The Bertz CT molecular complexity index is 425. The molecule has 2 heterocycles. The van der Waals surface area contributed by atoms with Crippen LogP contribution in [0.15, 0.2) is 28.6 Å². The highest BCUT2D eigenvalue weighted by molar-refractivity contribution is 7.99. The molecule has 0 amide bonds. The topological polar surface area (TPSA) is 80.5 Å². The third-order valence-electron chi connectivity index (χ3n) is 1.70. The van der Waals surface area contributed by atoms with Gasteiger partial charge in [0.2, 0.25) is 0 Å². The van der Waals surface area contributed by atoms with Gasteiger partial charge in [0, 0.05) is 0 Å². The van der Waals surface area contributed by atoms with Crippen LogP contribution in [0.4, 0.5) is 5.69 Å². The normalized spacial score (nSPS) is 10.4. The molecule has 2 aromatic rings. The van der Waals surface area contributed by atoms with Crippen LogP contribution in [0, 0.1) is 6.92 Å². The summed E-state index contributed by atoms with van der Waals surface area (Å²) >= 11 is 1.42. The van der Waals surface area contributed by atoms with Gasteiger partial charge in [0.05, 0.1) is 11.4 Å². The summed E-state index contributed by atoms with van der Waals surface area (Å²) in [6.45, 7) is 1.87. The Hall–Kier alpha value is -1.56. The second-order valence-electron chi connectivity index (χ2n) is 2.72. The number of H-pyrrole nitrogens is 1. The Labute approximate surface area is 85.2 Å². The van der Waals surface area contributed by atoms with Crippen molar-refractivity contribution >= 4 is 17.4 Å². The van der Waals surface area contributed by atoms with Crippen LogP contribution in [0.25, 0.3) is 0 Å². The van der Waals surface area contributed by atoms with E-state index in [0.717, 1.165) is 15.9 Å². The van der Waals surface area contributed by atoms with Gasteiger partial charge in [-0.1, -0.05) is 0 Å². The minimum Gasteiger partial charge on any atom is -0.397 e. The third kappa shape index (κ3) is 1.85. The second-order valence-corrected chi connectivity index (χ2v) is 3.73. The fraction of sp³-hybridized carbons (Fsp3) is 0.125. The standard InChI is InChI=1S/C8H9N5S/c1-5-6(9)2-3-7(12-5)14-8-10-4-11-13-8/h2-4H,9H2,1H3,(H,10,11,13). The summed E-state index contributed by atoms with van der Waals surface area (Å²) in [5, 5.41) is 8.08. The summed E-state index contributed by atoms with van der Waals surface area (Å²) in [7, 11) is 0. The zero-order chi connectivity index (χ0) is 9.97. The Kier molecular flexibility index (Phi) is 2.36. The van der Waals surface area contributed by atoms with Crippen molar-refractivity contribution in [2.45, 2.75) is 17.1 Å². The molecule has 0 saturated carbocycles. The van der Waals surface area contributed by atoms with Crippen LogP contribution in [0.2, 0.25) is 0 Å². The van der Waals surface area contributed by atoms with Crippen LogP contribution in [0.1, 0.15) is 5.69 Å². The van der Waals surface area contributed by atoms with Crippen LogP contribution in [0.5, 0.6) is 0 Å². The van der Waals surface area contributed by atoms with E-state index >= 15 is 0 Å². The van der Waals surface area contributed by atoms with Crippen LogP contribution in [0.3, 0.4) is 0 Å². The van der Waals surface area contributed by atoms with Gasteiger partial charge in [-0.2, -0.15) is 5.10 Å². The molecule has 0 unspecified atom stereocenters. The molecule has 14 heavy (non-hydrogen) atoms. The minimum atomic E-state index is 0.701. The van der Waals surface area contributed by atoms with Crippen LogP contribution in [-0.2, 0) is 0 Å². The first kappa shape index (κ1) is 9.01. The number of nitrogen functional groups attached to an aromatic ring is 1. The predicted octanol–water partition coefficient (Wildman–Crippen LogP) is 1.24. The van der Waals surface area contributed by atoms with Gasteiger partial charge < -0.3 is 5.73 Å².